The van der Waals surface area contributed by atoms with Crippen LogP contribution in [0.15, 0.2) is 30.3 Å². The molecule has 1 fully saturated rings. The number of amides is 1. The van der Waals surface area contributed by atoms with Crippen molar-refractivity contribution >= 4 is 18.3 Å². The molecule has 4 nitrogen and oxygen atoms in total. The average molecular weight is 285 g/mol. The van der Waals surface area contributed by atoms with Gasteiger partial charge in [-0.1, -0.05) is 36.8 Å². The van der Waals surface area contributed by atoms with E-state index >= 15 is 0 Å². The first-order chi connectivity index (χ1) is 8.72. The average Bonchev–Trinajstić information content (AvgIpc) is 2.86. The number of benzene rings is 1. The number of carbonyl (C=O) groups excluding carboxylic acids is 1. The fourth-order valence-electron chi connectivity index (χ4n) is 2.56. The van der Waals surface area contributed by atoms with Gasteiger partial charge in [0.15, 0.2) is 6.10 Å². The highest BCUT2D eigenvalue weighted by Crippen LogP contribution is 2.25. The van der Waals surface area contributed by atoms with E-state index in [0.29, 0.717) is 18.0 Å². The van der Waals surface area contributed by atoms with E-state index in [-0.39, 0.29) is 24.4 Å². The van der Waals surface area contributed by atoms with Crippen molar-refractivity contribution in [2.45, 2.75) is 31.4 Å². The maximum Gasteiger partial charge on any atom is 0.253 e. The number of rotatable bonds is 4. The second kappa shape index (κ2) is 7.48. The topological polar surface area (TPSA) is 75.3 Å². The minimum atomic E-state index is -1.09. The lowest BCUT2D eigenvalue weighted by molar-refractivity contribution is -0.130. The van der Waals surface area contributed by atoms with Crippen LogP contribution in [0.3, 0.4) is 0 Å². The molecule has 106 valence electrons. The van der Waals surface area contributed by atoms with Crippen molar-refractivity contribution in [1.82, 2.24) is 5.32 Å². The summed E-state index contributed by atoms with van der Waals surface area (Å²) in [5.41, 5.74) is 6.30. The zero-order valence-corrected chi connectivity index (χ0v) is 11.6. The normalized spacial score (nSPS) is 23.5. The van der Waals surface area contributed by atoms with Crippen LogP contribution in [0.2, 0.25) is 0 Å². The molecule has 0 radical (unpaired) electrons. The van der Waals surface area contributed by atoms with Crippen molar-refractivity contribution in [2.75, 3.05) is 6.54 Å². The zero-order valence-electron chi connectivity index (χ0n) is 10.8. The molecular weight excluding hydrogens is 264 g/mol. The second-order valence-corrected chi connectivity index (χ2v) is 4.85. The van der Waals surface area contributed by atoms with Crippen molar-refractivity contribution in [2.24, 2.45) is 11.7 Å². The van der Waals surface area contributed by atoms with Gasteiger partial charge in [-0.15, -0.1) is 12.4 Å². The van der Waals surface area contributed by atoms with Crippen molar-refractivity contribution in [3.63, 3.8) is 0 Å². The summed E-state index contributed by atoms with van der Waals surface area (Å²) >= 11 is 0. The molecule has 0 aliphatic heterocycles. The van der Waals surface area contributed by atoms with Gasteiger partial charge in [-0.05, 0) is 30.9 Å². The molecule has 3 unspecified atom stereocenters. The Morgan fingerprint density at radius 2 is 2.05 bits per heavy atom. The van der Waals surface area contributed by atoms with E-state index < -0.39 is 6.10 Å². The van der Waals surface area contributed by atoms with Crippen LogP contribution in [-0.4, -0.2) is 23.6 Å². The fourth-order valence-corrected chi connectivity index (χ4v) is 2.56. The third-order valence-electron chi connectivity index (χ3n) is 3.65. The molecule has 0 bridgehead atoms. The molecule has 0 aromatic heterocycles. The monoisotopic (exact) mass is 284 g/mol. The number of hydrogen-bond donors (Lipinski definition) is 3. The highest BCUT2D eigenvalue weighted by atomic mass is 35.5. The lowest BCUT2D eigenvalue weighted by atomic mass is 10.0. The summed E-state index contributed by atoms with van der Waals surface area (Å²) in [6.45, 7) is 0.590. The van der Waals surface area contributed by atoms with Crippen LogP contribution in [0, 0.1) is 5.92 Å². The number of hydrogen-bond acceptors (Lipinski definition) is 3. The first kappa shape index (κ1) is 16.0. The summed E-state index contributed by atoms with van der Waals surface area (Å²) in [4.78, 5) is 12.0. The van der Waals surface area contributed by atoms with Crippen molar-refractivity contribution < 1.29 is 9.90 Å². The Bertz CT molecular complexity index is 400. The Morgan fingerprint density at radius 1 is 1.37 bits per heavy atom. The molecule has 3 atom stereocenters. The fraction of sp³-hybridized carbons (Fsp3) is 0.500. The Kier molecular flexibility index (Phi) is 6.28. The molecule has 2 rings (SSSR count). The minimum absolute atomic E-state index is 0. The maximum absolute atomic E-state index is 12.0. The van der Waals surface area contributed by atoms with Crippen LogP contribution >= 0.6 is 12.4 Å². The standard InChI is InChI=1S/C14H20N2O2.ClH/c15-9-11-7-4-8-12(11)16-14(18)13(17)10-5-2-1-3-6-10;/h1-3,5-6,11-13,17H,4,7-9,15H2,(H,16,18);1H. The predicted molar refractivity (Wildman–Crippen MR) is 77.0 cm³/mol. The molecule has 1 aliphatic carbocycles. The summed E-state index contributed by atoms with van der Waals surface area (Å²) in [6, 6.07) is 9.09. The van der Waals surface area contributed by atoms with E-state index in [0.717, 1.165) is 19.3 Å². The van der Waals surface area contributed by atoms with Crippen LogP contribution < -0.4 is 11.1 Å². The summed E-state index contributed by atoms with van der Waals surface area (Å²) in [5, 5.41) is 12.9. The van der Waals surface area contributed by atoms with E-state index in [2.05, 4.69) is 5.32 Å². The largest absolute Gasteiger partial charge is 0.378 e. The Labute approximate surface area is 119 Å². The van der Waals surface area contributed by atoms with E-state index in [1.165, 1.54) is 0 Å². The maximum atomic E-state index is 12.0. The first-order valence-corrected chi connectivity index (χ1v) is 6.46. The van der Waals surface area contributed by atoms with Gasteiger partial charge in [0.25, 0.3) is 5.91 Å². The van der Waals surface area contributed by atoms with Crippen molar-refractivity contribution in [1.29, 1.82) is 0 Å². The number of nitrogens with one attached hydrogen (secondary N) is 1. The van der Waals surface area contributed by atoms with Crippen molar-refractivity contribution in [3.8, 4) is 0 Å². The molecule has 0 spiro atoms. The first-order valence-electron chi connectivity index (χ1n) is 6.46. The number of aliphatic hydroxyl groups is 1. The lowest BCUT2D eigenvalue weighted by Crippen LogP contribution is -2.42. The molecule has 1 aromatic carbocycles. The van der Waals surface area contributed by atoms with E-state index in [9.17, 15) is 9.90 Å². The van der Waals surface area contributed by atoms with Crippen LogP contribution in [0.25, 0.3) is 0 Å². The predicted octanol–water partition coefficient (Wildman–Crippen LogP) is 1.39. The summed E-state index contributed by atoms with van der Waals surface area (Å²) in [7, 11) is 0. The molecule has 19 heavy (non-hydrogen) atoms. The third-order valence-corrected chi connectivity index (χ3v) is 3.65. The molecule has 0 heterocycles. The van der Waals surface area contributed by atoms with E-state index in [1.807, 2.05) is 18.2 Å². The van der Waals surface area contributed by atoms with Crippen LogP contribution in [-0.2, 0) is 4.79 Å². The van der Waals surface area contributed by atoms with E-state index in [1.54, 1.807) is 12.1 Å². The Balaban J connectivity index is 0.00000180. The van der Waals surface area contributed by atoms with Gasteiger partial charge in [-0.3, -0.25) is 4.79 Å². The minimum Gasteiger partial charge on any atom is -0.378 e. The molecule has 1 aromatic rings. The third kappa shape index (κ3) is 3.93. The number of halogens is 1. The zero-order chi connectivity index (χ0) is 13.0. The van der Waals surface area contributed by atoms with Gasteiger partial charge in [0, 0.05) is 6.04 Å². The summed E-state index contributed by atoms with van der Waals surface area (Å²) in [5.74, 6) is 0.0171. The molecule has 5 heteroatoms. The quantitative estimate of drug-likeness (QED) is 0.782. The van der Waals surface area contributed by atoms with Crippen LogP contribution in [0.4, 0.5) is 0 Å². The number of nitrogens with two attached hydrogens (primary N) is 1. The summed E-state index contributed by atoms with van der Waals surface area (Å²) in [6.07, 6.45) is 2.01. The molecule has 1 amide bonds. The van der Waals surface area contributed by atoms with Crippen LogP contribution in [0.5, 0.6) is 0 Å². The molecule has 4 N–H and O–H groups in total. The summed E-state index contributed by atoms with van der Waals surface area (Å²) < 4.78 is 0. The van der Waals surface area contributed by atoms with E-state index in [4.69, 9.17) is 5.73 Å². The van der Waals surface area contributed by atoms with Gasteiger partial charge < -0.3 is 16.2 Å². The molecule has 1 saturated carbocycles. The molecule has 1 aliphatic rings. The Hall–Kier alpha value is -1.10. The van der Waals surface area contributed by atoms with Gasteiger partial charge in [-0.25, -0.2) is 0 Å². The highest BCUT2D eigenvalue weighted by molar-refractivity contribution is 5.85. The van der Waals surface area contributed by atoms with Gasteiger partial charge in [-0.2, -0.15) is 0 Å². The van der Waals surface area contributed by atoms with Crippen molar-refractivity contribution in [3.05, 3.63) is 35.9 Å². The lowest BCUT2D eigenvalue weighted by Gasteiger charge is -2.21. The molecular formula is C14H21ClN2O2. The van der Waals surface area contributed by atoms with Gasteiger partial charge in [0.05, 0.1) is 0 Å². The van der Waals surface area contributed by atoms with Gasteiger partial charge in [0.2, 0.25) is 0 Å². The van der Waals surface area contributed by atoms with Gasteiger partial charge >= 0.3 is 0 Å². The number of carbonyl (C=O) groups is 1. The SMILES string of the molecule is Cl.NCC1CCCC1NC(=O)C(O)c1ccccc1. The second-order valence-electron chi connectivity index (χ2n) is 4.85. The van der Waals surface area contributed by atoms with Crippen LogP contribution in [0.1, 0.15) is 30.9 Å². The molecule has 0 saturated heterocycles. The highest BCUT2D eigenvalue weighted by Gasteiger charge is 2.29. The Morgan fingerprint density at radius 3 is 2.68 bits per heavy atom. The van der Waals surface area contributed by atoms with Gasteiger partial charge in [0.1, 0.15) is 0 Å². The number of aliphatic hydroxyl groups excluding tert-OH is 1. The smallest absolute Gasteiger partial charge is 0.253 e.